The Morgan fingerprint density at radius 1 is 1.00 bits per heavy atom. The van der Waals surface area contributed by atoms with Crippen molar-refractivity contribution in [2.24, 2.45) is 0 Å². The highest BCUT2D eigenvalue weighted by atomic mass is 32.2. The second-order valence-corrected chi connectivity index (χ2v) is 9.63. The van der Waals surface area contributed by atoms with E-state index in [1.54, 1.807) is 29.1 Å². The molecule has 0 aliphatic carbocycles. The van der Waals surface area contributed by atoms with E-state index in [0.29, 0.717) is 12.1 Å². The van der Waals surface area contributed by atoms with Gasteiger partial charge in [-0.15, -0.1) is 0 Å². The Bertz CT molecular complexity index is 1170. The van der Waals surface area contributed by atoms with Gasteiger partial charge in [-0.2, -0.15) is 21.9 Å². The van der Waals surface area contributed by atoms with Gasteiger partial charge in [0.25, 0.3) is 20.2 Å². The lowest BCUT2D eigenvalue weighted by Crippen LogP contribution is -2.18. The molecule has 0 N–H and O–H groups in total. The predicted octanol–water partition coefficient (Wildman–Crippen LogP) is 2.08. The summed E-state index contributed by atoms with van der Waals surface area (Å²) in [6, 6.07) is 14.9. The van der Waals surface area contributed by atoms with Crippen LogP contribution in [0.1, 0.15) is 17.2 Å². The number of nitrogens with zero attached hydrogens (tertiary/aromatic N) is 2. The SMILES string of the molecule is CS(=O)(=O)OCC(OS(C)(=O)=O)c1ccc2cnn(Cc3ccccc3)c2c1. The van der Waals surface area contributed by atoms with E-state index in [2.05, 4.69) is 5.10 Å². The first-order valence-electron chi connectivity index (χ1n) is 8.33. The van der Waals surface area contributed by atoms with E-state index in [4.69, 9.17) is 8.37 Å². The predicted molar refractivity (Wildman–Crippen MR) is 105 cm³/mol. The van der Waals surface area contributed by atoms with Gasteiger partial charge in [0.05, 0.1) is 37.4 Å². The smallest absolute Gasteiger partial charge is 0.265 e. The summed E-state index contributed by atoms with van der Waals surface area (Å²) >= 11 is 0. The fourth-order valence-electron chi connectivity index (χ4n) is 2.75. The van der Waals surface area contributed by atoms with Crippen molar-refractivity contribution >= 4 is 31.1 Å². The minimum absolute atomic E-state index is 0.454. The van der Waals surface area contributed by atoms with E-state index < -0.39 is 32.9 Å². The van der Waals surface area contributed by atoms with Gasteiger partial charge >= 0.3 is 0 Å². The van der Waals surface area contributed by atoms with Crippen LogP contribution in [-0.2, 0) is 35.1 Å². The summed E-state index contributed by atoms with van der Waals surface area (Å²) in [5.74, 6) is 0. The molecule has 1 atom stereocenters. The van der Waals surface area contributed by atoms with Crippen LogP contribution >= 0.6 is 0 Å². The van der Waals surface area contributed by atoms with Gasteiger partial charge < -0.3 is 0 Å². The molecule has 3 aromatic rings. The normalized spacial score (nSPS) is 13.6. The second kappa shape index (κ2) is 8.00. The molecule has 3 rings (SSSR count). The molecule has 8 nitrogen and oxygen atoms in total. The molecular formula is C18H20N2O6S2. The Labute approximate surface area is 163 Å². The van der Waals surface area contributed by atoms with Gasteiger partial charge in [0.2, 0.25) is 0 Å². The lowest BCUT2D eigenvalue weighted by molar-refractivity contribution is 0.141. The van der Waals surface area contributed by atoms with Crippen molar-refractivity contribution in [2.75, 3.05) is 19.1 Å². The standard InChI is InChI=1S/C18H20N2O6S2/c1-27(21,22)25-13-18(26-28(2,23)24)15-8-9-16-11-19-20(17(16)10-15)12-14-6-4-3-5-7-14/h3-11,18H,12-13H2,1-2H3. The highest BCUT2D eigenvalue weighted by Gasteiger charge is 2.21. The molecule has 0 saturated heterocycles. The molecule has 1 unspecified atom stereocenters. The first-order valence-corrected chi connectivity index (χ1v) is 12.0. The zero-order valence-corrected chi connectivity index (χ0v) is 17.0. The van der Waals surface area contributed by atoms with E-state index in [-0.39, 0.29) is 0 Å². The van der Waals surface area contributed by atoms with Gasteiger partial charge in [0.15, 0.2) is 0 Å². The van der Waals surface area contributed by atoms with Crippen LogP contribution in [0.25, 0.3) is 10.9 Å². The third-order valence-corrected chi connectivity index (χ3v) is 5.09. The Kier molecular flexibility index (Phi) is 5.84. The van der Waals surface area contributed by atoms with Gasteiger partial charge in [-0.05, 0) is 17.2 Å². The van der Waals surface area contributed by atoms with Crippen molar-refractivity contribution in [3.63, 3.8) is 0 Å². The molecule has 2 aromatic carbocycles. The molecular weight excluding hydrogens is 404 g/mol. The van der Waals surface area contributed by atoms with Gasteiger partial charge in [-0.3, -0.25) is 13.0 Å². The first kappa shape index (κ1) is 20.5. The first-order chi connectivity index (χ1) is 13.1. The molecule has 0 spiro atoms. The van der Waals surface area contributed by atoms with E-state index in [1.165, 1.54) is 0 Å². The lowest BCUT2D eigenvalue weighted by Gasteiger charge is -2.16. The summed E-state index contributed by atoms with van der Waals surface area (Å²) in [7, 11) is -7.59. The van der Waals surface area contributed by atoms with Crippen LogP contribution in [0.4, 0.5) is 0 Å². The number of fused-ring (bicyclic) bond motifs is 1. The molecule has 0 aliphatic heterocycles. The van der Waals surface area contributed by atoms with Crippen LogP contribution in [0.3, 0.4) is 0 Å². The fraction of sp³-hybridized carbons (Fsp3) is 0.278. The van der Waals surface area contributed by atoms with Crippen LogP contribution in [0.5, 0.6) is 0 Å². The Morgan fingerprint density at radius 3 is 2.36 bits per heavy atom. The molecule has 150 valence electrons. The molecule has 0 fully saturated rings. The Hall–Kier alpha value is -2.27. The van der Waals surface area contributed by atoms with Gasteiger partial charge in [-0.1, -0.05) is 42.5 Å². The van der Waals surface area contributed by atoms with Crippen molar-refractivity contribution in [2.45, 2.75) is 12.6 Å². The van der Waals surface area contributed by atoms with Crippen molar-refractivity contribution in [3.8, 4) is 0 Å². The maximum absolute atomic E-state index is 11.6. The average Bonchev–Trinajstić information content (AvgIpc) is 3.00. The summed E-state index contributed by atoms with van der Waals surface area (Å²) in [4.78, 5) is 0. The van der Waals surface area contributed by atoms with E-state index in [9.17, 15) is 16.8 Å². The lowest BCUT2D eigenvalue weighted by atomic mass is 10.1. The van der Waals surface area contributed by atoms with Gasteiger partial charge in [-0.25, -0.2) is 0 Å². The topological polar surface area (TPSA) is 105 Å². The maximum atomic E-state index is 11.6. The van der Waals surface area contributed by atoms with Crippen molar-refractivity contribution in [1.82, 2.24) is 9.78 Å². The van der Waals surface area contributed by atoms with Gasteiger partial charge in [0, 0.05) is 5.39 Å². The summed E-state index contributed by atoms with van der Waals surface area (Å²) in [5.41, 5.74) is 2.29. The highest BCUT2D eigenvalue weighted by Crippen LogP contribution is 2.25. The Morgan fingerprint density at radius 2 is 1.71 bits per heavy atom. The summed E-state index contributed by atoms with van der Waals surface area (Å²) in [6.45, 7) is 0.0788. The summed E-state index contributed by atoms with van der Waals surface area (Å²) < 4.78 is 57.5. The van der Waals surface area contributed by atoms with Crippen molar-refractivity contribution in [3.05, 3.63) is 65.9 Å². The molecule has 0 aliphatic rings. The molecule has 10 heteroatoms. The molecule has 0 saturated carbocycles. The second-order valence-electron chi connectivity index (χ2n) is 6.38. The number of benzene rings is 2. The third-order valence-electron chi connectivity index (χ3n) is 3.94. The minimum Gasteiger partial charge on any atom is -0.267 e. The van der Waals surface area contributed by atoms with Gasteiger partial charge in [0.1, 0.15) is 6.10 Å². The summed E-state index contributed by atoms with van der Waals surface area (Å²) in [5, 5.41) is 5.24. The Balaban J connectivity index is 1.95. The highest BCUT2D eigenvalue weighted by molar-refractivity contribution is 7.86. The quantitative estimate of drug-likeness (QED) is 0.510. The summed E-state index contributed by atoms with van der Waals surface area (Å²) in [6.07, 6.45) is 2.40. The molecule has 0 bridgehead atoms. The van der Waals surface area contributed by atoms with E-state index >= 15 is 0 Å². The van der Waals surface area contributed by atoms with E-state index in [0.717, 1.165) is 29.0 Å². The molecule has 28 heavy (non-hydrogen) atoms. The van der Waals surface area contributed by atoms with Crippen LogP contribution in [0.2, 0.25) is 0 Å². The molecule has 1 heterocycles. The minimum atomic E-state index is -3.83. The maximum Gasteiger partial charge on any atom is 0.265 e. The zero-order valence-electron chi connectivity index (χ0n) is 15.3. The molecule has 1 aromatic heterocycles. The van der Waals surface area contributed by atoms with E-state index in [1.807, 2.05) is 30.3 Å². The van der Waals surface area contributed by atoms with Crippen LogP contribution in [0.15, 0.2) is 54.7 Å². The average molecular weight is 425 g/mol. The third kappa shape index (κ3) is 5.61. The zero-order chi connectivity index (χ0) is 20.4. The van der Waals surface area contributed by atoms with Crippen molar-refractivity contribution in [1.29, 1.82) is 0 Å². The molecule has 0 radical (unpaired) electrons. The van der Waals surface area contributed by atoms with Crippen LogP contribution in [-0.4, -0.2) is 45.7 Å². The van der Waals surface area contributed by atoms with Crippen molar-refractivity contribution < 1.29 is 25.2 Å². The molecule has 0 amide bonds. The number of hydrogen-bond donors (Lipinski definition) is 0. The van der Waals surface area contributed by atoms with Crippen LogP contribution < -0.4 is 0 Å². The fourth-order valence-corrected chi connectivity index (χ4v) is 3.71. The number of aromatic nitrogens is 2. The number of hydrogen-bond acceptors (Lipinski definition) is 7. The number of rotatable bonds is 8. The van der Waals surface area contributed by atoms with Crippen LogP contribution in [0, 0.1) is 0 Å². The largest absolute Gasteiger partial charge is 0.267 e. The monoisotopic (exact) mass is 424 g/mol.